The van der Waals surface area contributed by atoms with E-state index in [-0.39, 0.29) is 24.6 Å². The highest BCUT2D eigenvalue weighted by Crippen LogP contribution is 2.36. The minimum Gasteiger partial charge on any atom is -0.493 e. The van der Waals surface area contributed by atoms with Crippen LogP contribution in [0.5, 0.6) is 5.75 Å². The van der Waals surface area contributed by atoms with E-state index in [1.54, 1.807) is 17.2 Å². The van der Waals surface area contributed by atoms with Gasteiger partial charge < -0.3 is 15.4 Å². The lowest BCUT2D eigenvalue weighted by atomic mass is 9.89. The van der Waals surface area contributed by atoms with Crippen LogP contribution >= 0.6 is 0 Å². The number of hydrogen-bond donors (Lipinski definition) is 2. The Morgan fingerprint density at radius 3 is 2.91 bits per heavy atom. The number of pyridine rings is 1. The number of ether oxygens (including phenoxy) is 1. The van der Waals surface area contributed by atoms with Gasteiger partial charge in [-0.2, -0.15) is 13.2 Å². The molecule has 2 N–H and O–H groups in total. The van der Waals surface area contributed by atoms with Gasteiger partial charge in [0.1, 0.15) is 17.3 Å². The van der Waals surface area contributed by atoms with Crippen molar-refractivity contribution >= 4 is 23.8 Å². The molecule has 2 aromatic rings. The molecule has 4 aliphatic heterocycles. The molecule has 2 unspecified atom stereocenters. The molecule has 0 spiro atoms. The molecule has 0 saturated carbocycles. The van der Waals surface area contributed by atoms with Gasteiger partial charge in [-0.15, -0.1) is 0 Å². The molecule has 180 valence electrons. The van der Waals surface area contributed by atoms with Crippen LogP contribution in [0.4, 0.5) is 17.6 Å². The first-order valence-electron chi connectivity index (χ1n) is 10.9. The van der Waals surface area contributed by atoms with Crippen LogP contribution in [0.25, 0.3) is 5.57 Å². The maximum atomic E-state index is 14.5. The summed E-state index contributed by atoms with van der Waals surface area (Å²) in [5.74, 6) is 0.164. The van der Waals surface area contributed by atoms with Crippen LogP contribution in [0.3, 0.4) is 0 Å². The zero-order chi connectivity index (χ0) is 24.3. The van der Waals surface area contributed by atoms with Crippen LogP contribution < -0.4 is 15.4 Å². The van der Waals surface area contributed by atoms with Crippen molar-refractivity contribution in [3.05, 3.63) is 64.4 Å². The van der Waals surface area contributed by atoms with Crippen molar-refractivity contribution in [1.82, 2.24) is 20.5 Å². The highest BCUT2D eigenvalue weighted by atomic mass is 19.4. The van der Waals surface area contributed by atoms with Crippen molar-refractivity contribution in [2.75, 3.05) is 6.61 Å². The zero-order valence-corrected chi connectivity index (χ0v) is 18.1. The molecule has 1 amide bonds. The smallest absolute Gasteiger partial charge is 0.433 e. The summed E-state index contributed by atoms with van der Waals surface area (Å²) < 4.78 is 59.7. The maximum absolute atomic E-state index is 14.5. The second kappa shape index (κ2) is 7.79. The second-order valence-corrected chi connectivity index (χ2v) is 8.45. The Morgan fingerprint density at radius 2 is 2.09 bits per heavy atom. The summed E-state index contributed by atoms with van der Waals surface area (Å²) in [6.07, 6.45) is -0.956. The fraction of sp³-hybridized carbons (Fsp3) is 0.304. The number of aromatic nitrogens is 1. The Kier molecular flexibility index (Phi) is 4.80. The third kappa shape index (κ3) is 3.51. The molecular formula is C23H18F4N6O2. The molecule has 35 heavy (non-hydrogen) atoms. The van der Waals surface area contributed by atoms with Gasteiger partial charge in [0.05, 0.1) is 37.8 Å². The van der Waals surface area contributed by atoms with Crippen molar-refractivity contribution in [3.8, 4) is 5.75 Å². The molecule has 8 nitrogen and oxygen atoms in total. The Balaban J connectivity index is 1.38. The predicted octanol–water partition coefficient (Wildman–Crippen LogP) is 2.39. The molecule has 1 aromatic carbocycles. The van der Waals surface area contributed by atoms with Crippen LogP contribution in [-0.2, 0) is 30.5 Å². The predicted molar refractivity (Wildman–Crippen MR) is 117 cm³/mol. The summed E-state index contributed by atoms with van der Waals surface area (Å²) in [7, 11) is 0. The molecule has 6 rings (SSSR count). The number of alkyl halides is 3. The Bertz CT molecular complexity index is 1340. The summed E-state index contributed by atoms with van der Waals surface area (Å²) in [5, 5.41) is 5.67. The first-order chi connectivity index (χ1) is 16.8. The minimum absolute atomic E-state index is 0.0326. The van der Waals surface area contributed by atoms with E-state index in [0.29, 0.717) is 41.4 Å². The molecule has 0 fully saturated rings. The minimum atomic E-state index is -4.61. The topological polar surface area (TPSA) is 91.2 Å². The molecular weight excluding hydrogens is 468 g/mol. The summed E-state index contributed by atoms with van der Waals surface area (Å²) in [4.78, 5) is 27.1. The summed E-state index contributed by atoms with van der Waals surface area (Å²) in [6.45, 7) is 0.355. The van der Waals surface area contributed by atoms with Crippen molar-refractivity contribution < 1.29 is 27.1 Å². The molecule has 0 aliphatic carbocycles. The number of aliphatic imine (C=N–C) groups is 2. The Hall–Kier alpha value is -3.96. The number of nitrogens with zero attached hydrogens (tertiary/aromatic N) is 4. The number of nitrogens with one attached hydrogen (secondary N) is 2. The molecule has 1 aromatic heterocycles. The molecule has 4 aliphatic rings. The van der Waals surface area contributed by atoms with E-state index in [4.69, 9.17) is 4.74 Å². The van der Waals surface area contributed by atoms with Crippen LogP contribution in [0.1, 0.15) is 28.1 Å². The lowest BCUT2D eigenvalue weighted by molar-refractivity contribution is -0.141. The number of carbonyl (C=O) groups excluding carboxylic acids is 1. The Labute approximate surface area is 196 Å². The quantitative estimate of drug-likeness (QED) is 0.637. The summed E-state index contributed by atoms with van der Waals surface area (Å²) in [5.41, 5.74) is 1.32. The van der Waals surface area contributed by atoms with Gasteiger partial charge in [-0.25, -0.2) is 14.4 Å². The standard InChI is InChI=1S/C23H18F4N6O2/c24-15-2-3-17-12(5-6-35-17)13(15)7-29-22-30-8-14-11-1-4-18(23(25,26)27)32-16(11)9-28-21(34)19-20(14)33(22)10-31-19/h1-4,8,10,19-20H,5-7,9H2,(H,28,34)(H,29,30). The first-order valence-corrected chi connectivity index (χ1v) is 10.9. The SMILES string of the molecule is O=C1NCc2nc(C(F)(F)F)ccc2C2=CNC(=NCc3c(F)ccc4c3CCO4)N3C=NC1C23. The van der Waals surface area contributed by atoms with E-state index in [2.05, 4.69) is 25.6 Å². The Morgan fingerprint density at radius 1 is 1.23 bits per heavy atom. The van der Waals surface area contributed by atoms with Gasteiger partial charge >= 0.3 is 6.18 Å². The van der Waals surface area contributed by atoms with Gasteiger partial charge in [0.25, 0.3) is 0 Å². The number of fused-ring (bicyclic) bond motifs is 3. The number of rotatable bonds is 2. The van der Waals surface area contributed by atoms with Crippen molar-refractivity contribution in [2.45, 2.75) is 37.8 Å². The van der Waals surface area contributed by atoms with Gasteiger partial charge in [-0.3, -0.25) is 14.7 Å². The third-order valence-corrected chi connectivity index (χ3v) is 6.47. The van der Waals surface area contributed by atoms with E-state index >= 15 is 0 Å². The highest BCUT2D eigenvalue weighted by molar-refractivity contribution is 6.03. The molecule has 0 bridgehead atoms. The van der Waals surface area contributed by atoms with Crippen molar-refractivity contribution in [2.24, 2.45) is 9.98 Å². The van der Waals surface area contributed by atoms with Gasteiger partial charge in [0.2, 0.25) is 11.9 Å². The van der Waals surface area contributed by atoms with Crippen LogP contribution in [0.2, 0.25) is 0 Å². The van der Waals surface area contributed by atoms with Crippen LogP contribution in [-0.4, -0.2) is 46.8 Å². The summed E-state index contributed by atoms with van der Waals surface area (Å²) in [6, 6.07) is 3.76. The summed E-state index contributed by atoms with van der Waals surface area (Å²) >= 11 is 0. The fourth-order valence-electron chi connectivity index (χ4n) is 4.81. The molecule has 0 radical (unpaired) electrons. The zero-order valence-electron chi connectivity index (χ0n) is 18.1. The third-order valence-electron chi connectivity index (χ3n) is 6.47. The van der Waals surface area contributed by atoms with E-state index in [1.165, 1.54) is 18.5 Å². The number of hydrogen-bond acceptors (Lipinski definition) is 5. The number of amides is 1. The largest absolute Gasteiger partial charge is 0.493 e. The molecule has 2 atom stereocenters. The molecule has 12 heteroatoms. The normalized spacial score (nSPS) is 23.4. The second-order valence-electron chi connectivity index (χ2n) is 8.45. The average molecular weight is 486 g/mol. The van der Waals surface area contributed by atoms with Gasteiger partial charge in [-0.05, 0) is 18.2 Å². The van der Waals surface area contributed by atoms with E-state index in [9.17, 15) is 22.4 Å². The van der Waals surface area contributed by atoms with Gasteiger partial charge in [0.15, 0.2) is 6.04 Å². The fourth-order valence-corrected chi connectivity index (χ4v) is 4.81. The first kappa shape index (κ1) is 21.6. The van der Waals surface area contributed by atoms with Gasteiger partial charge in [-0.1, -0.05) is 6.07 Å². The molecule has 0 saturated heterocycles. The number of carbonyl (C=O) groups is 1. The number of benzene rings is 1. The van der Waals surface area contributed by atoms with Crippen molar-refractivity contribution in [1.29, 1.82) is 0 Å². The highest BCUT2D eigenvalue weighted by Gasteiger charge is 2.45. The monoisotopic (exact) mass is 486 g/mol. The maximum Gasteiger partial charge on any atom is 0.433 e. The number of guanidine groups is 1. The van der Waals surface area contributed by atoms with Gasteiger partial charge in [0, 0.05) is 34.9 Å². The average Bonchev–Trinajstić information content (AvgIpc) is 3.48. The van der Waals surface area contributed by atoms with E-state index < -0.39 is 29.9 Å². The van der Waals surface area contributed by atoms with E-state index in [1.807, 2.05) is 0 Å². The van der Waals surface area contributed by atoms with E-state index in [0.717, 1.165) is 11.6 Å². The van der Waals surface area contributed by atoms with Crippen LogP contribution in [0.15, 0.2) is 40.5 Å². The lowest BCUT2D eigenvalue weighted by Gasteiger charge is -2.36. The number of halogens is 4. The molecule has 5 heterocycles. The van der Waals surface area contributed by atoms with Crippen LogP contribution in [0, 0.1) is 5.82 Å². The lowest BCUT2D eigenvalue weighted by Crippen LogP contribution is -2.54. The van der Waals surface area contributed by atoms with Crippen molar-refractivity contribution in [3.63, 3.8) is 0 Å².